The summed E-state index contributed by atoms with van der Waals surface area (Å²) in [5.41, 5.74) is 2.53. The third kappa shape index (κ3) is 3.43. The topological polar surface area (TPSA) is 109 Å². The smallest absolute Gasteiger partial charge is 0.354 e. The van der Waals surface area contributed by atoms with Crippen molar-refractivity contribution in [1.82, 2.24) is 9.88 Å². The van der Waals surface area contributed by atoms with Crippen molar-refractivity contribution in [3.8, 4) is 0 Å². The van der Waals surface area contributed by atoms with Crippen LogP contribution in [0.15, 0.2) is 71.6 Å². The number of para-hydroxylation sites is 1. The summed E-state index contributed by atoms with van der Waals surface area (Å²) in [6, 6.07) is 17.8. The van der Waals surface area contributed by atoms with Gasteiger partial charge in [-0.1, -0.05) is 18.2 Å². The van der Waals surface area contributed by atoms with Gasteiger partial charge in [0.1, 0.15) is 17.7 Å². The normalized spacial score (nSPS) is 20.2. The number of nitrogens with one attached hydrogen (secondary N) is 2. The van der Waals surface area contributed by atoms with Crippen molar-refractivity contribution in [1.29, 1.82) is 0 Å². The van der Waals surface area contributed by atoms with E-state index in [0.717, 1.165) is 17.5 Å². The minimum absolute atomic E-state index is 0.125. The highest BCUT2D eigenvalue weighted by Crippen LogP contribution is 2.55. The first-order chi connectivity index (χ1) is 18.1. The number of hydrogen-bond acceptors (Lipinski definition) is 6. The van der Waals surface area contributed by atoms with Gasteiger partial charge in [0.05, 0.1) is 17.4 Å². The highest BCUT2D eigenvalue weighted by atomic mass is 32.2. The number of fused-ring (bicyclic) bond motifs is 4. The Morgan fingerprint density at radius 1 is 1.08 bits per heavy atom. The fourth-order valence-corrected chi connectivity index (χ4v) is 6.60. The number of aromatic nitrogens is 1. The number of likely N-dealkylation sites (tertiary alicyclic amines) is 1. The van der Waals surface area contributed by atoms with Crippen molar-refractivity contribution >= 4 is 38.3 Å². The molecule has 0 aliphatic carbocycles. The van der Waals surface area contributed by atoms with Gasteiger partial charge in [-0.05, 0) is 60.5 Å². The van der Waals surface area contributed by atoms with Crippen molar-refractivity contribution < 1.29 is 27.1 Å². The molecule has 0 saturated carbocycles. The third-order valence-electron chi connectivity index (χ3n) is 7.61. The molecule has 1 amide bonds. The molecule has 6 rings (SSSR count). The fourth-order valence-electron chi connectivity index (χ4n) is 5.97. The van der Waals surface area contributed by atoms with E-state index in [2.05, 4.69) is 10.3 Å². The van der Waals surface area contributed by atoms with Crippen molar-refractivity contribution in [2.24, 2.45) is 0 Å². The minimum atomic E-state index is -3.41. The Morgan fingerprint density at radius 2 is 1.82 bits per heavy atom. The van der Waals surface area contributed by atoms with Gasteiger partial charge in [-0.3, -0.25) is 4.79 Å². The summed E-state index contributed by atoms with van der Waals surface area (Å²) in [6.45, 7) is 0.348. The Balaban J connectivity index is 1.53. The number of amides is 1. The van der Waals surface area contributed by atoms with Crippen molar-refractivity contribution in [3.05, 3.63) is 94.9 Å². The van der Waals surface area contributed by atoms with E-state index in [4.69, 9.17) is 4.74 Å². The lowest BCUT2D eigenvalue weighted by atomic mass is 9.72. The number of benzene rings is 3. The number of hydrogen-bond donors (Lipinski definition) is 2. The van der Waals surface area contributed by atoms with Gasteiger partial charge in [0.2, 0.25) is 0 Å². The van der Waals surface area contributed by atoms with E-state index >= 15 is 0 Å². The Hall–Kier alpha value is -4.18. The summed E-state index contributed by atoms with van der Waals surface area (Å²) in [4.78, 5) is 31.7. The summed E-state index contributed by atoms with van der Waals surface area (Å²) in [6.07, 6.45) is 0.983. The number of methoxy groups -OCH3 is 1. The Bertz CT molecular complexity index is 1730. The Labute approximate surface area is 218 Å². The molecule has 0 bridgehead atoms. The Morgan fingerprint density at radius 3 is 2.53 bits per heavy atom. The van der Waals surface area contributed by atoms with E-state index in [9.17, 15) is 22.4 Å². The predicted octanol–water partition coefficient (Wildman–Crippen LogP) is 4.08. The first-order valence-corrected chi connectivity index (χ1v) is 13.9. The average molecular weight is 534 g/mol. The SMILES string of the molecule is COC(=O)c1[nH]c2ccc(F)cc2c1C12CCN(C(=O)c3ccc(S(C)(=O)=O)cc3)C1Nc1ccccc12. The van der Waals surface area contributed by atoms with E-state index in [0.29, 0.717) is 35.0 Å². The van der Waals surface area contributed by atoms with Crippen LogP contribution in [0.1, 0.15) is 38.4 Å². The maximum atomic E-state index is 14.5. The molecule has 4 aromatic rings. The zero-order valence-electron chi connectivity index (χ0n) is 20.6. The monoisotopic (exact) mass is 533 g/mol. The maximum absolute atomic E-state index is 14.5. The second-order valence-electron chi connectivity index (χ2n) is 9.67. The van der Waals surface area contributed by atoms with Crippen molar-refractivity contribution in [2.45, 2.75) is 22.9 Å². The molecule has 38 heavy (non-hydrogen) atoms. The van der Waals surface area contributed by atoms with E-state index in [1.807, 2.05) is 24.3 Å². The highest BCUT2D eigenvalue weighted by Gasteiger charge is 2.58. The van der Waals surface area contributed by atoms with Crippen LogP contribution in [-0.2, 0) is 20.0 Å². The number of carbonyl (C=O) groups is 2. The molecule has 194 valence electrons. The molecule has 8 nitrogen and oxygen atoms in total. The quantitative estimate of drug-likeness (QED) is 0.383. The summed E-state index contributed by atoms with van der Waals surface area (Å²) in [5.74, 6) is -1.32. The van der Waals surface area contributed by atoms with Crippen molar-refractivity contribution in [2.75, 3.05) is 25.2 Å². The maximum Gasteiger partial charge on any atom is 0.354 e. The second kappa shape index (κ2) is 8.42. The van der Waals surface area contributed by atoms with Crippen LogP contribution in [0.3, 0.4) is 0 Å². The van der Waals surface area contributed by atoms with Gasteiger partial charge in [-0.2, -0.15) is 0 Å². The number of sulfone groups is 1. The van der Waals surface area contributed by atoms with Crippen LogP contribution < -0.4 is 5.32 Å². The molecule has 0 spiro atoms. The van der Waals surface area contributed by atoms with E-state index in [1.165, 1.54) is 43.5 Å². The summed E-state index contributed by atoms with van der Waals surface area (Å²) >= 11 is 0. The summed E-state index contributed by atoms with van der Waals surface area (Å²) in [7, 11) is -2.12. The predicted molar refractivity (Wildman–Crippen MR) is 139 cm³/mol. The Kier molecular flexibility index (Phi) is 5.36. The molecule has 10 heteroatoms. The number of anilines is 1. The molecule has 1 saturated heterocycles. The molecule has 2 unspecified atom stereocenters. The average Bonchev–Trinajstić information content (AvgIpc) is 3.56. The first kappa shape index (κ1) is 24.2. The van der Waals surface area contributed by atoms with Gasteiger partial charge in [-0.15, -0.1) is 0 Å². The molecule has 1 aromatic heterocycles. The lowest BCUT2D eigenvalue weighted by Crippen LogP contribution is -2.47. The minimum Gasteiger partial charge on any atom is -0.464 e. The number of H-pyrrole nitrogens is 1. The molecular formula is C28H24FN3O5S. The number of halogens is 1. The van der Waals surface area contributed by atoms with Gasteiger partial charge in [0, 0.05) is 40.5 Å². The standard InChI is InChI=1S/C28H24FN3O5S/c1-37-26(34)24-23(19-15-17(29)9-12-21(19)30-24)28-13-14-32(27(28)31-22-6-4-3-5-20(22)28)25(33)16-7-10-18(11-8-16)38(2,35)36/h3-12,15,27,30-31H,13-14H2,1-2H3. The van der Waals surface area contributed by atoms with Gasteiger partial charge >= 0.3 is 5.97 Å². The fraction of sp³-hybridized carbons (Fsp3) is 0.214. The third-order valence-corrected chi connectivity index (χ3v) is 8.74. The number of ether oxygens (including phenoxy) is 1. The first-order valence-electron chi connectivity index (χ1n) is 12.0. The second-order valence-corrected chi connectivity index (χ2v) is 11.7. The molecule has 2 aliphatic heterocycles. The lowest BCUT2D eigenvalue weighted by molar-refractivity contribution is 0.0592. The molecule has 1 fully saturated rings. The van der Waals surface area contributed by atoms with Gasteiger partial charge in [-0.25, -0.2) is 17.6 Å². The van der Waals surface area contributed by atoms with Gasteiger partial charge < -0.3 is 19.9 Å². The molecule has 3 heterocycles. The molecule has 2 aliphatic rings. The summed E-state index contributed by atoms with van der Waals surface area (Å²) in [5, 5.41) is 4.02. The largest absolute Gasteiger partial charge is 0.464 e. The highest BCUT2D eigenvalue weighted by molar-refractivity contribution is 7.90. The van der Waals surface area contributed by atoms with Crippen LogP contribution in [-0.4, -0.2) is 56.3 Å². The van der Waals surface area contributed by atoms with E-state index in [1.54, 1.807) is 11.0 Å². The van der Waals surface area contributed by atoms with Crippen LogP contribution in [0.5, 0.6) is 0 Å². The van der Waals surface area contributed by atoms with Crippen LogP contribution in [0.4, 0.5) is 10.1 Å². The van der Waals surface area contributed by atoms with Crippen LogP contribution in [0, 0.1) is 5.82 Å². The van der Waals surface area contributed by atoms with E-state index < -0.39 is 33.2 Å². The van der Waals surface area contributed by atoms with Crippen molar-refractivity contribution in [3.63, 3.8) is 0 Å². The molecule has 3 aromatic carbocycles. The summed E-state index contributed by atoms with van der Waals surface area (Å²) < 4.78 is 43.4. The number of carbonyl (C=O) groups excluding carboxylic acids is 2. The van der Waals surface area contributed by atoms with Gasteiger partial charge in [0.15, 0.2) is 9.84 Å². The molecule has 0 radical (unpaired) electrons. The molecular weight excluding hydrogens is 509 g/mol. The van der Waals surface area contributed by atoms with Crippen LogP contribution >= 0.6 is 0 Å². The number of rotatable bonds is 4. The van der Waals surface area contributed by atoms with Crippen LogP contribution in [0.2, 0.25) is 0 Å². The number of nitrogens with zero attached hydrogens (tertiary/aromatic N) is 1. The van der Waals surface area contributed by atoms with Gasteiger partial charge in [0.25, 0.3) is 5.91 Å². The number of aromatic amines is 1. The number of esters is 1. The lowest BCUT2D eigenvalue weighted by Gasteiger charge is -2.33. The molecule has 2 N–H and O–H groups in total. The zero-order valence-corrected chi connectivity index (χ0v) is 21.4. The van der Waals surface area contributed by atoms with E-state index in [-0.39, 0.29) is 16.5 Å². The molecule has 2 atom stereocenters. The van der Waals surface area contributed by atoms with Crippen LogP contribution in [0.25, 0.3) is 10.9 Å². The zero-order chi connectivity index (χ0) is 26.8.